The Morgan fingerprint density at radius 1 is 1.14 bits per heavy atom. The van der Waals surface area contributed by atoms with Crippen LogP contribution < -0.4 is 0 Å². The quantitative estimate of drug-likeness (QED) is 0.731. The van der Waals surface area contributed by atoms with Gasteiger partial charge in [-0.2, -0.15) is 5.26 Å². The summed E-state index contributed by atoms with van der Waals surface area (Å²) in [4.78, 5) is 28.3. The van der Waals surface area contributed by atoms with E-state index in [2.05, 4.69) is 6.07 Å². The zero-order valence-corrected chi connectivity index (χ0v) is 16.8. The van der Waals surface area contributed by atoms with Gasteiger partial charge in [-0.25, -0.2) is 4.79 Å². The second kappa shape index (κ2) is 7.16. The Bertz CT molecular complexity index is 836. The van der Waals surface area contributed by atoms with E-state index in [0.717, 1.165) is 31.2 Å². The van der Waals surface area contributed by atoms with Gasteiger partial charge < -0.3 is 9.64 Å². The molecule has 6 rings (SSSR count). The van der Waals surface area contributed by atoms with Crippen molar-refractivity contribution >= 4 is 11.9 Å². The Kier molecular flexibility index (Phi) is 4.61. The maximum atomic E-state index is 13.7. The number of carbonyl (C=O) groups excluding carboxylic acids is 2. The van der Waals surface area contributed by atoms with Crippen LogP contribution in [0.3, 0.4) is 0 Å². The SMILES string of the molecule is N#Cc1cccc(COC(=O)[C@H]2CCCN2C(=O)C23CC4CC(CC(C4)C2)C3)c1. The zero-order chi connectivity index (χ0) is 20.0. The van der Waals surface area contributed by atoms with Gasteiger partial charge in [-0.3, -0.25) is 4.79 Å². The van der Waals surface area contributed by atoms with Crippen LogP contribution in [0.15, 0.2) is 24.3 Å². The van der Waals surface area contributed by atoms with Crippen molar-refractivity contribution in [1.29, 1.82) is 5.26 Å². The van der Waals surface area contributed by atoms with Gasteiger partial charge in [0.2, 0.25) is 5.91 Å². The van der Waals surface area contributed by atoms with E-state index in [9.17, 15) is 9.59 Å². The van der Waals surface area contributed by atoms with Crippen molar-refractivity contribution in [3.63, 3.8) is 0 Å². The Balaban J connectivity index is 1.27. The molecule has 152 valence electrons. The summed E-state index contributed by atoms with van der Waals surface area (Å²) in [5.74, 6) is 2.06. The Morgan fingerprint density at radius 3 is 2.48 bits per heavy atom. The third kappa shape index (κ3) is 3.33. The molecule has 1 atom stereocenters. The topological polar surface area (TPSA) is 70.4 Å². The summed E-state index contributed by atoms with van der Waals surface area (Å²) in [6.07, 6.45) is 8.54. The molecule has 5 fully saturated rings. The van der Waals surface area contributed by atoms with E-state index in [1.165, 1.54) is 19.3 Å². The summed E-state index contributed by atoms with van der Waals surface area (Å²) in [5.41, 5.74) is 1.14. The minimum Gasteiger partial charge on any atom is -0.459 e. The van der Waals surface area contributed by atoms with Crippen LogP contribution in [0.4, 0.5) is 0 Å². The van der Waals surface area contributed by atoms with Gasteiger partial charge in [-0.1, -0.05) is 12.1 Å². The van der Waals surface area contributed by atoms with E-state index < -0.39 is 6.04 Å². The second-order valence-corrected chi connectivity index (χ2v) is 9.77. The van der Waals surface area contributed by atoms with Gasteiger partial charge in [-0.05, 0) is 86.8 Å². The van der Waals surface area contributed by atoms with Crippen LogP contribution in [-0.2, 0) is 20.9 Å². The van der Waals surface area contributed by atoms with Gasteiger partial charge in [0.05, 0.1) is 17.0 Å². The monoisotopic (exact) mass is 392 g/mol. The van der Waals surface area contributed by atoms with Crippen LogP contribution in [0.5, 0.6) is 0 Å². The van der Waals surface area contributed by atoms with E-state index in [4.69, 9.17) is 10.00 Å². The van der Waals surface area contributed by atoms with E-state index >= 15 is 0 Å². The molecule has 1 aromatic carbocycles. The van der Waals surface area contributed by atoms with Gasteiger partial charge >= 0.3 is 5.97 Å². The number of amides is 1. The number of nitrogens with zero attached hydrogens (tertiary/aromatic N) is 2. The highest BCUT2D eigenvalue weighted by Gasteiger charge is 2.56. The smallest absolute Gasteiger partial charge is 0.329 e. The molecule has 5 nitrogen and oxygen atoms in total. The predicted octanol–water partition coefficient (Wildman–Crippen LogP) is 3.81. The van der Waals surface area contributed by atoms with E-state index in [-0.39, 0.29) is 23.9 Å². The van der Waals surface area contributed by atoms with Gasteiger partial charge in [0.1, 0.15) is 12.6 Å². The molecular formula is C24H28N2O3. The molecule has 0 unspecified atom stereocenters. The minimum atomic E-state index is -0.449. The maximum absolute atomic E-state index is 13.7. The van der Waals surface area contributed by atoms with Gasteiger partial charge in [0.15, 0.2) is 0 Å². The molecule has 1 aromatic rings. The molecule has 0 spiro atoms. The van der Waals surface area contributed by atoms with Gasteiger partial charge in [0, 0.05) is 6.54 Å². The third-order valence-corrected chi connectivity index (χ3v) is 7.71. The van der Waals surface area contributed by atoms with Crippen molar-refractivity contribution in [2.24, 2.45) is 23.2 Å². The lowest BCUT2D eigenvalue weighted by Gasteiger charge is -2.56. The van der Waals surface area contributed by atoms with Crippen molar-refractivity contribution in [3.05, 3.63) is 35.4 Å². The molecule has 1 saturated heterocycles. The number of rotatable bonds is 4. The standard InChI is InChI=1S/C24H28N2O3/c25-14-16-3-1-4-17(7-16)15-29-22(27)21-5-2-6-26(21)23(28)24-11-18-8-19(12-24)10-20(9-18)13-24/h1,3-4,7,18-21H,2,5-6,8-13,15H2/t18?,19?,20?,21-,24?/m1/s1. The predicted molar refractivity (Wildman–Crippen MR) is 106 cm³/mol. The largest absolute Gasteiger partial charge is 0.459 e. The molecular weight excluding hydrogens is 364 g/mol. The van der Waals surface area contributed by atoms with E-state index in [1.807, 2.05) is 11.0 Å². The lowest BCUT2D eigenvalue weighted by Crippen LogP contribution is -2.56. The molecule has 1 amide bonds. The lowest BCUT2D eigenvalue weighted by atomic mass is 9.49. The number of esters is 1. The average Bonchev–Trinajstić information content (AvgIpc) is 3.20. The van der Waals surface area contributed by atoms with Crippen LogP contribution in [0, 0.1) is 34.5 Å². The summed E-state index contributed by atoms with van der Waals surface area (Å²) >= 11 is 0. The van der Waals surface area contributed by atoms with E-state index in [0.29, 0.717) is 36.3 Å². The second-order valence-electron chi connectivity index (χ2n) is 9.77. The first-order chi connectivity index (χ1) is 14.1. The fourth-order valence-electron chi connectivity index (χ4n) is 6.91. The number of hydrogen-bond acceptors (Lipinski definition) is 4. The minimum absolute atomic E-state index is 0.143. The van der Waals surface area contributed by atoms with Crippen molar-refractivity contribution < 1.29 is 14.3 Å². The Morgan fingerprint density at radius 2 is 1.83 bits per heavy atom. The maximum Gasteiger partial charge on any atom is 0.329 e. The first-order valence-corrected chi connectivity index (χ1v) is 11.0. The Hall–Kier alpha value is -2.35. The summed E-state index contributed by atoms with van der Waals surface area (Å²) in [5, 5.41) is 9.02. The summed E-state index contributed by atoms with van der Waals surface area (Å²) in [7, 11) is 0. The number of ether oxygens (including phenoxy) is 1. The van der Waals surface area contributed by atoms with Crippen molar-refractivity contribution in [3.8, 4) is 6.07 Å². The van der Waals surface area contributed by atoms with Gasteiger partial charge in [-0.15, -0.1) is 0 Å². The number of carbonyl (C=O) groups is 2. The Labute approximate surface area is 172 Å². The van der Waals surface area contributed by atoms with Crippen LogP contribution in [0.25, 0.3) is 0 Å². The van der Waals surface area contributed by atoms with E-state index in [1.54, 1.807) is 18.2 Å². The summed E-state index contributed by atoms with van der Waals surface area (Å²) in [6.45, 7) is 0.814. The van der Waals surface area contributed by atoms with Crippen LogP contribution in [0.1, 0.15) is 62.5 Å². The molecule has 5 heteroatoms. The van der Waals surface area contributed by atoms with Crippen molar-refractivity contribution in [2.45, 2.75) is 64.0 Å². The van der Waals surface area contributed by atoms with Crippen LogP contribution in [-0.4, -0.2) is 29.4 Å². The number of likely N-dealkylation sites (tertiary alicyclic amines) is 1. The number of benzene rings is 1. The van der Waals surface area contributed by atoms with Crippen LogP contribution >= 0.6 is 0 Å². The average molecular weight is 392 g/mol. The molecule has 5 aliphatic rings. The zero-order valence-electron chi connectivity index (χ0n) is 16.8. The first-order valence-electron chi connectivity index (χ1n) is 11.0. The lowest BCUT2D eigenvalue weighted by molar-refractivity contribution is -0.166. The normalized spacial score (nSPS) is 34.8. The van der Waals surface area contributed by atoms with Crippen molar-refractivity contribution in [1.82, 2.24) is 4.90 Å². The molecule has 0 radical (unpaired) electrons. The molecule has 0 aromatic heterocycles. The number of nitriles is 1. The first kappa shape index (κ1) is 18.7. The fraction of sp³-hybridized carbons (Fsp3) is 0.625. The summed E-state index contributed by atoms with van der Waals surface area (Å²) < 4.78 is 5.57. The molecule has 1 aliphatic heterocycles. The molecule has 4 bridgehead atoms. The molecule has 0 N–H and O–H groups in total. The molecule has 4 aliphatic carbocycles. The molecule has 4 saturated carbocycles. The highest BCUT2D eigenvalue weighted by Crippen LogP contribution is 2.60. The number of hydrogen-bond donors (Lipinski definition) is 0. The highest BCUT2D eigenvalue weighted by atomic mass is 16.5. The van der Waals surface area contributed by atoms with Gasteiger partial charge in [0.25, 0.3) is 0 Å². The fourth-order valence-corrected chi connectivity index (χ4v) is 6.91. The molecule has 1 heterocycles. The molecule has 29 heavy (non-hydrogen) atoms. The summed E-state index contributed by atoms with van der Waals surface area (Å²) in [6, 6.07) is 8.76. The third-order valence-electron chi connectivity index (χ3n) is 7.71. The van der Waals surface area contributed by atoms with Crippen molar-refractivity contribution in [2.75, 3.05) is 6.54 Å². The highest BCUT2D eigenvalue weighted by molar-refractivity contribution is 5.89. The van der Waals surface area contributed by atoms with Crippen LogP contribution in [0.2, 0.25) is 0 Å².